The van der Waals surface area contributed by atoms with Gasteiger partial charge in [-0.3, -0.25) is 0 Å². The highest BCUT2D eigenvalue weighted by Crippen LogP contribution is 2.07. The summed E-state index contributed by atoms with van der Waals surface area (Å²) in [5, 5.41) is 0. The normalized spacial score (nSPS) is 12.5. The molecule has 0 spiro atoms. The minimum atomic E-state index is -0.395. The number of carbonyl (C=O) groups excluding carboxylic acids is 1. The van der Waals surface area contributed by atoms with Crippen LogP contribution in [0.15, 0.2) is 24.3 Å². The minimum Gasteiger partial charge on any atom is -0.457 e. The number of hydrogen-bond acceptors (Lipinski definition) is 2. The Hall–Kier alpha value is -1.05. The molecule has 0 heterocycles. The summed E-state index contributed by atoms with van der Waals surface area (Å²) in [6.45, 7) is 7.64. The van der Waals surface area contributed by atoms with Crippen LogP contribution in [-0.2, 0) is 9.53 Å². The van der Waals surface area contributed by atoms with Crippen molar-refractivity contribution in [1.29, 1.82) is 0 Å². The van der Waals surface area contributed by atoms with Gasteiger partial charge in [0.2, 0.25) is 0 Å². The van der Waals surface area contributed by atoms with Crippen molar-refractivity contribution in [2.75, 3.05) is 0 Å². The molecule has 0 saturated heterocycles. The van der Waals surface area contributed by atoms with Crippen molar-refractivity contribution in [2.45, 2.75) is 59.0 Å². The van der Waals surface area contributed by atoms with E-state index in [0.29, 0.717) is 0 Å². The molecule has 0 aliphatic heterocycles. The Morgan fingerprint density at radius 2 is 1.69 bits per heavy atom. The first-order chi connectivity index (χ1) is 7.45. The van der Waals surface area contributed by atoms with Crippen molar-refractivity contribution >= 4 is 5.97 Å². The number of esters is 1. The van der Waals surface area contributed by atoms with Gasteiger partial charge in [-0.05, 0) is 53.4 Å². The third kappa shape index (κ3) is 11.0. The second-order valence-electron chi connectivity index (χ2n) is 4.79. The van der Waals surface area contributed by atoms with E-state index in [1.165, 1.54) is 12.5 Å². The summed E-state index contributed by atoms with van der Waals surface area (Å²) in [6, 6.07) is 0. The van der Waals surface area contributed by atoms with Crippen LogP contribution in [0.5, 0.6) is 0 Å². The van der Waals surface area contributed by atoms with Crippen molar-refractivity contribution < 1.29 is 9.53 Å². The quantitative estimate of drug-likeness (QED) is 0.295. The van der Waals surface area contributed by atoms with E-state index >= 15 is 0 Å². The van der Waals surface area contributed by atoms with E-state index < -0.39 is 5.60 Å². The van der Waals surface area contributed by atoms with Crippen molar-refractivity contribution in [1.82, 2.24) is 0 Å². The van der Waals surface area contributed by atoms with Gasteiger partial charge in [0.15, 0.2) is 0 Å². The van der Waals surface area contributed by atoms with Gasteiger partial charge < -0.3 is 4.74 Å². The summed E-state index contributed by atoms with van der Waals surface area (Å²) in [4.78, 5) is 11.3. The molecule has 0 aromatic rings. The van der Waals surface area contributed by atoms with Crippen LogP contribution in [-0.4, -0.2) is 11.6 Å². The molecule has 0 atom stereocenters. The molecule has 0 aliphatic carbocycles. The highest BCUT2D eigenvalue weighted by atomic mass is 16.6. The van der Waals surface area contributed by atoms with Gasteiger partial charge in [0.25, 0.3) is 0 Å². The monoisotopic (exact) mass is 224 g/mol. The SMILES string of the molecule is CC=CCCCCC=CC(=O)OC(C)(C)C. The molecule has 0 aromatic heterocycles. The number of rotatable bonds is 6. The first-order valence-corrected chi connectivity index (χ1v) is 5.96. The summed E-state index contributed by atoms with van der Waals surface area (Å²) >= 11 is 0. The number of ether oxygens (including phenoxy) is 1. The van der Waals surface area contributed by atoms with Crippen LogP contribution in [0.2, 0.25) is 0 Å². The fourth-order valence-corrected chi connectivity index (χ4v) is 1.21. The smallest absolute Gasteiger partial charge is 0.330 e. The third-order valence-electron chi connectivity index (χ3n) is 1.89. The molecule has 0 aromatic carbocycles. The van der Waals surface area contributed by atoms with E-state index in [1.54, 1.807) is 0 Å². The molecule has 0 radical (unpaired) electrons. The van der Waals surface area contributed by atoms with E-state index in [-0.39, 0.29) is 5.97 Å². The number of allylic oxidation sites excluding steroid dienone is 3. The lowest BCUT2D eigenvalue weighted by Crippen LogP contribution is -2.22. The fraction of sp³-hybridized carbons (Fsp3) is 0.643. The maximum Gasteiger partial charge on any atom is 0.330 e. The lowest BCUT2D eigenvalue weighted by atomic mass is 10.2. The topological polar surface area (TPSA) is 26.3 Å². The largest absolute Gasteiger partial charge is 0.457 e. The molecule has 0 rings (SSSR count). The summed E-state index contributed by atoms with van der Waals surface area (Å²) in [5.41, 5.74) is -0.395. The molecular formula is C14H24O2. The molecule has 0 bridgehead atoms. The molecule has 0 unspecified atom stereocenters. The summed E-state index contributed by atoms with van der Waals surface area (Å²) in [6.07, 6.45) is 12.0. The van der Waals surface area contributed by atoms with Gasteiger partial charge in [-0.2, -0.15) is 0 Å². The average molecular weight is 224 g/mol. The van der Waals surface area contributed by atoms with Crippen LogP contribution >= 0.6 is 0 Å². The molecule has 0 fully saturated rings. The summed E-state index contributed by atoms with van der Waals surface area (Å²) in [7, 11) is 0. The summed E-state index contributed by atoms with van der Waals surface area (Å²) < 4.78 is 5.15. The second-order valence-corrected chi connectivity index (χ2v) is 4.79. The molecule has 0 amide bonds. The molecule has 16 heavy (non-hydrogen) atoms. The molecular weight excluding hydrogens is 200 g/mol. The molecule has 2 nitrogen and oxygen atoms in total. The zero-order valence-corrected chi connectivity index (χ0v) is 11.0. The van der Waals surface area contributed by atoms with Crippen LogP contribution in [0.25, 0.3) is 0 Å². The maximum atomic E-state index is 11.3. The van der Waals surface area contributed by atoms with E-state index in [4.69, 9.17) is 4.74 Å². The Morgan fingerprint density at radius 1 is 1.12 bits per heavy atom. The zero-order chi connectivity index (χ0) is 12.4. The lowest BCUT2D eigenvalue weighted by Gasteiger charge is -2.17. The van der Waals surface area contributed by atoms with Gasteiger partial charge in [-0.25, -0.2) is 4.79 Å². The van der Waals surface area contributed by atoms with Gasteiger partial charge in [-0.15, -0.1) is 0 Å². The number of unbranched alkanes of at least 4 members (excludes halogenated alkanes) is 3. The Bertz CT molecular complexity index is 244. The Labute approximate surface area is 99.4 Å². The highest BCUT2D eigenvalue weighted by molar-refractivity contribution is 5.82. The van der Waals surface area contributed by atoms with Gasteiger partial charge in [-0.1, -0.05) is 18.2 Å². The molecule has 2 heteroatoms. The number of hydrogen-bond donors (Lipinski definition) is 0. The van der Waals surface area contributed by atoms with Crippen LogP contribution in [0, 0.1) is 0 Å². The van der Waals surface area contributed by atoms with Crippen LogP contribution < -0.4 is 0 Å². The fourth-order valence-electron chi connectivity index (χ4n) is 1.21. The first-order valence-electron chi connectivity index (χ1n) is 5.96. The minimum absolute atomic E-state index is 0.249. The van der Waals surface area contributed by atoms with E-state index in [2.05, 4.69) is 12.2 Å². The van der Waals surface area contributed by atoms with E-state index in [0.717, 1.165) is 19.3 Å². The Morgan fingerprint density at radius 3 is 2.19 bits per heavy atom. The van der Waals surface area contributed by atoms with Crippen LogP contribution in [0.1, 0.15) is 53.4 Å². The van der Waals surface area contributed by atoms with Gasteiger partial charge in [0.05, 0.1) is 0 Å². The van der Waals surface area contributed by atoms with E-state index in [1.807, 2.05) is 33.8 Å². The molecule has 0 N–H and O–H groups in total. The maximum absolute atomic E-state index is 11.3. The third-order valence-corrected chi connectivity index (χ3v) is 1.89. The standard InChI is InChI=1S/C14H24O2/c1-5-6-7-8-9-10-11-12-13(15)16-14(2,3)4/h5-6,11-12H,7-10H2,1-4H3. The average Bonchev–Trinajstić information content (AvgIpc) is 2.13. The molecule has 92 valence electrons. The molecule has 0 aliphatic rings. The number of carbonyl (C=O) groups is 1. The van der Waals surface area contributed by atoms with Crippen LogP contribution in [0.4, 0.5) is 0 Å². The predicted octanol–water partition coefficient (Wildman–Crippen LogP) is 4.02. The van der Waals surface area contributed by atoms with Crippen molar-refractivity contribution in [2.24, 2.45) is 0 Å². The van der Waals surface area contributed by atoms with Gasteiger partial charge in [0, 0.05) is 6.08 Å². The first kappa shape index (κ1) is 14.9. The Balaban J connectivity index is 3.57. The van der Waals surface area contributed by atoms with Crippen molar-refractivity contribution in [3.05, 3.63) is 24.3 Å². The van der Waals surface area contributed by atoms with Crippen molar-refractivity contribution in [3.8, 4) is 0 Å². The van der Waals surface area contributed by atoms with E-state index in [9.17, 15) is 4.79 Å². The van der Waals surface area contributed by atoms with Gasteiger partial charge in [0.1, 0.15) is 5.60 Å². The predicted molar refractivity (Wildman–Crippen MR) is 68.3 cm³/mol. The van der Waals surface area contributed by atoms with Crippen LogP contribution in [0.3, 0.4) is 0 Å². The van der Waals surface area contributed by atoms with Gasteiger partial charge >= 0.3 is 5.97 Å². The zero-order valence-electron chi connectivity index (χ0n) is 11.0. The lowest BCUT2D eigenvalue weighted by molar-refractivity contribution is -0.148. The molecule has 0 saturated carbocycles. The van der Waals surface area contributed by atoms with Crippen molar-refractivity contribution in [3.63, 3.8) is 0 Å². The summed E-state index contributed by atoms with van der Waals surface area (Å²) in [5.74, 6) is -0.249. The highest BCUT2D eigenvalue weighted by Gasteiger charge is 2.13. The second kappa shape index (κ2) is 8.14. The Kier molecular flexibility index (Phi) is 7.61.